The summed E-state index contributed by atoms with van der Waals surface area (Å²) in [6.07, 6.45) is 0. The maximum atomic E-state index is 11.4. The molecule has 5 heteroatoms. The van der Waals surface area contributed by atoms with E-state index >= 15 is 0 Å². The van der Waals surface area contributed by atoms with Crippen molar-refractivity contribution in [2.45, 2.75) is 0 Å². The molecule has 0 fully saturated rings. The zero-order valence-corrected chi connectivity index (χ0v) is 10.8. The fraction of sp³-hybridized carbons (Fsp3) is 0.200. The molecule has 0 unspecified atom stereocenters. The Balaban J connectivity index is 3.43. The van der Waals surface area contributed by atoms with Crippen LogP contribution in [-0.2, 0) is 0 Å². The van der Waals surface area contributed by atoms with Gasteiger partial charge in [0.1, 0.15) is 17.4 Å². The molecule has 0 saturated heterocycles. The van der Waals surface area contributed by atoms with Crippen LogP contribution in [0, 0.1) is 14.9 Å². The monoisotopic (exact) mass is 335 g/mol. The van der Waals surface area contributed by atoms with E-state index in [2.05, 4.69) is 0 Å². The molecular weight excluding hydrogens is 328 g/mol. The second-order valence-corrected chi connectivity index (χ2v) is 4.10. The topological polar surface area (TPSA) is 50.1 Å². The SMILES string of the molecule is COc1c(C(=O)CCl)ccc(I)c1C#N. The first-order valence-corrected chi connectivity index (χ1v) is 5.62. The molecule has 0 amide bonds. The number of rotatable bonds is 3. The van der Waals surface area contributed by atoms with E-state index in [0.29, 0.717) is 16.9 Å². The number of hydrogen-bond acceptors (Lipinski definition) is 3. The normalized spacial score (nSPS) is 9.47. The van der Waals surface area contributed by atoms with E-state index in [4.69, 9.17) is 21.6 Å². The number of methoxy groups -OCH3 is 1. The minimum atomic E-state index is -0.249. The smallest absolute Gasteiger partial charge is 0.181 e. The van der Waals surface area contributed by atoms with Crippen LogP contribution in [0.5, 0.6) is 5.75 Å². The van der Waals surface area contributed by atoms with E-state index < -0.39 is 0 Å². The van der Waals surface area contributed by atoms with Gasteiger partial charge in [-0.2, -0.15) is 5.26 Å². The second-order valence-electron chi connectivity index (χ2n) is 2.67. The predicted molar refractivity (Wildman–Crippen MR) is 65.5 cm³/mol. The van der Waals surface area contributed by atoms with Crippen LogP contribution in [0.4, 0.5) is 0 Å². The van der Waals surface area contributed by atoms with E-state index in [-0.39, 0.29) is 11.7 Å². The first kappa shape index (κ1) is 12.3. The van der Waals surface area contributed by atoms with Gasteiger partial charge in [0.2, 0.25) is 0 Å². The number of hydrogen-bond donors (Lipinski definition) is 0. The zero-order chi connectivity index (χ0) is 11.4. The second kappa shape index (κ2) is 5.33. The van der Waals surface area contributed by atoms with Gasteiger partial charge in [-0.25, -0.2) is 0 Å². The van der Waals surface area contributed by atoms with Crippen LogP contribution < -0.4 is 4.74 Å². The molecule has 1 aromatic carbocycles. The maximum absolute atomic E-state index is 11.4. The molecule has 1 aromatic rings. The van der Waals surface area contributed by atoms with Crippen molar-refractivity contribution in [2.24, 2.45) is 0 Å². The van der Waals surface area contributed by atoms with Crippen molar-refractivity contribution in [1.29, 1.82) is 5.26 Å². The lowest BCUT2D eigenvalue weighted by Gasteiger charge is -2.09. The third-order valence-corrected chi connectivity index (χ3v) is 2.99. The molecule has 0 aliphatic heterocycles. The Morgan fingerprint density at radius 3 is 2.80 bits per heavy atom. The van der Waals surface area contributed by atoms with Crippen molar-refractivity contribution in [1.82, 2.24) is 0 Å². The number of benzene rings is 1. The highest BCUT2D eigenvalue weighted by molar-refractivity contribution is 14.1. The third-order valence-electron chi connectivity index (χ3n) is 1.84. The van der Waals surface area contributed by atoms with Crippen molar-refractivity contribution >= 4 is 40.0 Å². The summed E-state index contributed by atoms with van der Waals surface area (Å²) in [5, 5.41) is 8.93. The summed E-state index contributed by atoms with van der Waals surface area (Å²) in [6.45, 7) is 0. The summed E-state index contributed by atoms with van der Waals surface area (Å²) < 4.78 is 5.81. The molecule has 0 heterocycles. The lowest BCUT2D eigenvalue weighted by Crippen LogP contribution is -2.05. The van der Waals surface area contributed by atoms with Gasteiger partial charge in [0, 0.05) is 3.57 Å². The molecular formula is C10H7ClINO2. The Morgan fingerprint density at radius 1 is 1.67 bits per heavy atom. The summed E-state index contributed by atoms with van der Waals surface area (Å²) in [4.78, 5) is 11.4. The van der Waals surface area contributed by atoms with Gasteiger partial charge in [0.15, 0.2) is 5.78 Å². The van der Waals surface area contributed by atoms with Crippen LogP contribution in [0.1, 0.15) is 15.9 Å². The van der Waals surface area contributed by atoms with Gasteiger partial charge >= 0.3 is 0 Å². The highest BCUT2D eigenvalue weighted by Gasteiger charge is 2.17. The third kappa shape index (κ3) is 2.41. The quantitative estimate of drug-likeness (QED) is 0.485. The molecule has 0 aliphatic carbocycles. The first-order valence-electron chi connectivity index (χ1n) is 4.01. The summed E-state index contributed by atoms with van der Waals surface area (Å²) in [5.41, 5.74) is 0.721. The van der Waals surface area contributed by atoms with Crippen molar-refractivity contribution in [3.8, 4) is 11.8 Å². The van der Waals surface area contributed by atoms with E-state index in [1.54, 1.807) is 12.1 Å². The Hall–Kier alpha value is -0.800. The number of nitrogens with zero attached hydrogens (tertiary/aromatic N) is 1. The molecule has 1 rings (SSSR count). The van der Waals surface area contributed by atoms with E-state index in [9.17, 15) is 4.79 Å². The number of carbonyl (C=O) groups is 1. The lowest BCUT2D eigenvalue weighted by atomic mass is 10.1. The molecule has 0 atom stereocenters. The van der Waals surface area contributed by atoms with Crippen LogP contribution >= 0.6 is 34.2 Å². The molecule has 0 aromatic heterocycles. The molecule has 0 bridgehead atoms. The number of carbonyl (C=O) groups excluding carboxylic acids is 1. The first-order chi connectivity index (χ1) is 7.15. The van der Waals surface area contributed by atoms with E-state index in [1.165, 1.54) is 7.11 Å². The predicted octanol–water partition coefficient (Wildman–Crippen LogP) is 2.59. The summed E-state index contributed by atoms with van der Waals surface area (Å²) in [5.74, 6) is -0.0709. The molecule has 0 saturated carbocycles. The molecule has 0 aliphatic rings. The van der Waals surface area contributed by atoms with Crippen LogP contribution in [0.25, 0.3) is 0 Å². The zero-order valence-electron chi connectivity index (χ0n) is 7.88. The number of ketones is 1. The van der Waals surface area contributed by atoms with Gasteiger partial charge in [-0.05, 0) is 34.7 Å². The van der Waals surface area contributed by atoms with Gasteiger partial charge in [-0.1, -0.05) is 0 Å². The van der Waals surface area contributed by atoms with E-state index in [0.717, 1.165) is 3.57 Å². The lowest BCUT2D eigenvalue weighted by molar-refractivity contribution is 0.101. The largest absolute Gasteiger partial charge is 0.495 e. The standard InChI is InChI=1S/C10H7ClINO2/c1-15-10-6(9(14)4-11)2-3-8(12)7(10)5-13/h2-3H,4H2,1H3. The van der Waals surface area contributed by atoms with Gasteiger partial charge in [-0.3, -0.25) is 4.79 Å². The average molecular weight is 336 g/mol. The van der Waals surface area contributed by atoms with Gasteiger partial charge in [0.25, 0.3) is 0 Å². The van der Waals surface area contributed by atoms with Crippen LogP contribution in [-0.4, -0.2) is 18.8 Å². The van der Waals surface area contributed by atoms with Crippen molar-refractivity contribution < 1.29 is 9.53 Å². The van der Waals surface area contributed by atoms with Crippen LogP contribution in [0.3, 0.4) is 0 Å². The fourth-order valence-electron chi connectivity index (χ4n) is 1.17. The number of Topliss-reactive ketones (excluding diaryl/α,β-unsaturated/α-hetero) is 1. The molecule has 3 nitrogen and oxygen atoms in total. The highest BCUT2D eigenvalue weighted by Crippen LogP contribution is 2.28. The Kier molecular flexibility index (Phi) is 4.36. The van der Waals surface area contributed by atoms with E-state index in [1.807, 2.05) is 28.7 Å². The van der Waals surface area contributed by atoms with Crippen LogP contribution in [0.2, 0.25) is 0 Å². The van der Waals surface area contributed by atoms with Gasteiger partial charge in [-0.15, -0.1) is 11.6 Å². The van der Waals surface area contributed by atoms with Crippen molar-refractivity contribution in [3.63, 3.8) is 0 Å². The number of nitriles is 1. The Labute approximate surface area is 106 Å². The Bertz CT molecular complexity index is 440. The molecule has 78 valence electrons. The summed E-state index contributed by atoms with van der Waals surface area (Å²) in [6, 6.07) is 5.32. The highest BCUT2D eigenvalue weighted by atomic mass is 127. The molecule has 0 N–H and O–H groups in total. The summed E-state index contributed by atoms with van der Waals surface area (Å²) in [7, 11) is 1.43. The van der Waals surface area contributed by atoms with Gasteiger partial charge < -0.3 is 4.74 Å². The minimum absolute atomic E-state index is 0.123. The minimum Gasteiger partial charge on any atom is -0.495 e. The molecule has 0 radical (unpaired) electrons. The number of alkyl halides is 1. The molecule has 0 spiro atoms. The van der Waals surface area contributed by atoms with Crippen molar-refractivity contribution in [2.75, 3.05) is 13.0 Å². The fourth-order valence-corrected chi connectivity index (χ4v) is 1.86. The molecule has 15 heavy (non-hydrogen) atoms. The maximum Gasteiger partial charge on any atom is 0.181 e. The van der Waals surface area contributed by atoms with Crippen molar-refractivity contribution in [3.05, 3.63) is 26.8 Å². The van der Waals surface area contributed by atoms with Crippen LogP contribution in [0.15, 0.2) is 12.1 Å². The Morgan fingerprint density at radius 2 is 2.33 bits per heavy atom. The van der Waals surface area contributed by atoms with Gasteiger partial charge in [0.05, 0.1) is 18.6 Å². The summed E-state index contributed by atoms with van der Waals surface area (Å²) >= 11 is 7.48. The number of ether oxygens (including phenoxy) is 1. The number of halogens is 2. The average Bonchev–Trinajstić information content (AvgIpc) is 2.27.